The van der Waals surface area contributed by atoms with Crippen molar-refractivity contribution in [2.75, 3.05) is 43.9 Å². The van der Waals surface area contributed by atoms with E-state index < -0.39 is 5.82 Å². The number of anilines is 2. The van der Waals surface area contributed by atoms with Crippen molar-refractivity contribution in [2.24, 2.45) is 0 Å². The number of halogens is 1. The summed E-state index contributed by atoms with van der Waals surface area (Å²) in [4.78, 5) is 14.0. The lowest BCUT2D eigenvalue weighted by molar-refractivity contribution is -0.116. The maximum atomic E-state index is 13.5. The van der Waals surface area contributed by atoms with E-state index in [0.717, 1.165) is 13.1 Å². The number of nitrogens with zero attached hydrogens (tertiary/aromatic N) is 1. The van der Waals surface area contributed by atoms with Crippen LogP contribution in [0, 0.1) is 5.82 Å². The average molecular weight is 297 g/mol. The van der Waals surface area contributed by atoms with Crippen molar-refractivity contribution in [1.29, 1.82) is 0 Å². The van der Waals surface area contributed by atoms with E-state index in [0.29, 0.717) is 31.9 Å². The first-order valence-electron chi connectivity index (χ1n) is 7.21. The molecule has 0 bridgehead atoms. The van der Waals surface area contributed by atoms with Gasteiger partial charge in [0.2, 0.25) is 5.91 Å². The van der Waals surface area contributed by atoms with Crippen molar-refractivity contribution in [3.8, 4) is 0 Å². The minimum absolute atomic E-state index is 0.123. The average Bonchev–Trinajstić information content (AvgIpc) is 2.46. The monoisotopic (exact) mass is 297 g/mol. The Labute approximate surface area is 125 Å². The Balaban J connectivity index is 2.40. The van der Waals surface area contributed by atoms with E-state index in [1.807, 2.05) is 13.8 Å². The molecule has 6 heteroatoms. The normalized spacial score (nSPS) is 10.9. The minimum atomic E-state index is -0.485. The lowest BCUT2D eigenvalue weighted by atomic mass is 10.2. The van der Waals surface area contributed by atoms with Gasteiger partial charge in [-0.1, -0.05) is 6.92 Å². The zero-order valence-corrected chi connectivity index (χ0v) is 12.7. The third kappa shape index (κ3) is 6.55. The second kappa shape index (κ2) is 9.31. The highest BCUT2D eigenvalue weighted by Gasteiger charge is 2.09. The predicted molar refractivity (Wildman–Crippen MR) is 82.7 cm³/mol. The van der Waals surface area contributed by atoms with Crippen LogP contribution in [0.1, 0.15) is 20.3 Å². The maximum absolute atomic E-state index is 13.5. The van der Waals surface area contributed by atoms with Gasteiger partial charge in [-0.05, 0) is 31.7 Å². The highest BCUT2D eigenvalue weighted by molar-refractivity contribution is 5.91. The molecule has 5 nitrogen and oxygen atoms in total. The number of nitrogens with two attached hydrogens (primary N) is 1. The summed E-state index contributed by atoms with van der Waals surface area (Å²) in [6, 6.07) is 4.11. The van der Waals surface area contributed by atoms with Crippen LogP contribution in [0.25, 0.3) is 0 Å². The molecule has 0 saturated heterocycles. The van der Waals surface area contributed by atoms with Crippen LogP contribution >= 0.6 is 0 Å². The van der Waals surface area contributed by atoms with Gasteiger partial charge >= 0.3 is 0 Å². The van der Waals surface area contributed by atoms with Crippen molar-refractivity contribution in [2.45, 2.75) is 20.3 Å². The third-order valence-electron chi connectivity index (χ3n) is 3.12. The summed E-state index contributed by atoms with van der Waals surface area (Å²) in [6.45, 7) is 7.55. The molecule has 0 radical (unpaired) electrons. The maximum Gasteiger partial charge on any atom is 0.225 e. The molecule has 0 heterocycles. The lowest BCUT2D eigenvalue weighted by Gasteiger charge is -2.19. The number of hydrogen-bond acceptors (Lipinski definition) is 4. The highest BCUT2D eigenvalue weighted by atomic mass is 19.1. The Kier molecular flexibility index (Phi) is 7.71. The van der Waals surface area contributed by atoms with Crippen LogP contribution in [0.3, 0.4) is 0 Å². The Morgan fingerprint density at radius 1 is 1.38 bits per heavy atom. The first kappa shape index (κ1) is 17.4. The number of hydrogen-bond donors (Lipinski definition) is 2. The molecule has 1 amide bonds. The van der Waals surface area contributed by atoms with Crippen molar-refractivity contribution in [3.05, 3.63) is 24.0 Å². The number of amides is 1. The molecule has 1 rings (SSSR count). The van der Waals surface area contributed by atoms with Gasteiger partial charge in [-0.25, -0.2) is 4.39 Å². The molecule has 0 unspecified atom stereocenters. The van der Waals surface area contributed by atoms with Crippen LogP contribution < -0.4 is 11.1 Å². The van der Waals surface area contributed by atoms with Gasteiger partial charge in [-0.15, -0.1) is 0 Å². The largest absolute Gasteiger partial charge is 0.399 e. The van der Waals surface area contributed by atoms with E-state index in [2.05, 4.69) is 10.2 Å². The Hall–Kier alpha value is -1.66. The van der Waals surface area contributed by atoms with Gasteiger partial charge in [0.1, 0.15) is 5.82 Å². The molecule has 118 valence electrons. The fraction of sp³-hybridized carbons (Fsp3) is 0.533. The smallest absolute Gasteiger partial charge is 0.225 e. The van der Waals surface area contributed by atoms with Crippen molar-refractivity contribution in [3.63, 3.8) is 0 Å². The lowest BCUT2D eigenvalue weighted by Crippen LogP contribution is -2.31. The molecule has 0 aromatic heterocycles. The van der Waals surface area contributed by atoms with Gasteiger partial charge in [-0.3, -0.25) is 4.79 Å². The van der Waals surface area contributed by atoms with E-state index in [1.165, 1.54) is 18.2 Å². The van der Waals surface area contributed by atoms with Crippen LogP contribution in [0.5, 0.6) is 0 Å². The first-order chi connectivity index (χ1) is 10.1. The topological polar surface area (TPSA) is 67.6 Å². The highest BCUT2D eigenvalue weighted by Crippen LogP contribution is 2.17. The van der Waals surface area contributed by atoms with E-state index in [4.69, 9.17) is 10.5 Å². The third-order valence-corrected chi connectivity index (χ3v) is 3.12. The number of likely N-dealkylation sites (N-methyl/N-ethyl adjacent to an activating group) is 1. The zero-order chi connectivity index (χ0) is 15.7. The summed E-state index contributed by atoms with van der Waals surface area (Å²) in [5, 5.41) is 2.55. The number of nitrogen functional groups attached to an aromatic ring is 1. The van der Waals surface area contributed by atoms with Crippen LogP contribution in [0.15, 0.2) is 18.2 Å². The molecule has 0 aliphatic carbocycles. The van der Waals surface area contributed by atoms with Gasteiger partial charge in [0.05, 0.1) is 12.3 Å². The van der Waals surface area contributed by atoms with E-state index in [-0.39, 0.29) is 11.6 Å². The summed E-state index contributed by atoms with van der Waals surface area (Å²) >= 11 is 0. The SMILES string of the molecule is CCOCCN(CC)CCC(=O)Nc1cc(N)ccc1F. The molecule has 0 aliphatic heterocycles. The number of carbonyl (C=O) groups is 1. The molecule has 1 aromatic carbocycles. The summed E-state index contributed by atoms with van der Waals surface area (Å²) < 4.78 is 18.8. The van der Waals surface area contributed by atoms with Crippen molar-refractivity contribution < 1.29 is 13.9 Å². The molecule has 0 fully saturated rings. The first-order valence-corrected chi connectivity index (χ1v) is 7.21. The van der Waals surface area contributed by atoms with Crippen molar-refractivity contribution in [1.82, 2.24) is 4.90 Å². The summed E-state index contributed by atoms with van der Waals surface area (Å²) in [5.74, 6) is -0.712. The van der Waals surface area contributed by atoms with Crippen LogP contribution in [-0.2, 0) is 9.53 Å². The molecule has 0 aliphatic rings. The van der Waals surface area contributed by atoms with Crippen LogP contribution in [-0.4, -0.2) is 43.7 Å². The predicted octanol–water partition coefficient (Wildman–Crippen LogP) is 2.09. The molecule has 3 N–H and O–H groups in total. The fourth-order valence-corrected chi connectivity index (χ4v) is 1.88. The van der Waals surface area contributed by atoms with Gasteiger partial charge < -0.3 is 20.7 Å². The standard InChI is InChI=1S/C15H24FN3O2/c1-3-19(9-10-21-4-2)8-7-15(20)18-14-11-12(17)5-6-13(14)16/h5-6,11H,3-4,7-10,17H2,1-2H3,(H,18,20). The number of nitrogens with one attached hydrogen (secondary N) is 1. The number of rotatable bonds is 9. The molecule has 21 heavy (non-hydrogen) atoms. The molecule has 0 saturated carbocycles. The van der Waals surface area contributed by atoms with Gasteiger partial charge in [0.15, 0.2) is 0 Å². The summed E-state index contributed by atoms with van der Waals surface area (Å²) in [5.41, 5.74) is 6.11. The van der Waals surface area contributed by atoms with E-state index in [1.54, 1.807) is 0 Å². The number of carbonyl (C=O) groups excluding carboxylic acids is 1. The Morgan fingerprint density at radius 3 is 2.81 bits per heavy atom. The van der Waals surface area contributed by atoms with Gasteiger partial charge in [-0.2, -0.15) is 0 Å². The van der Waals surface area contributed by atoms with Gasteiger partial charge in [0, 0.05) is 31.8 Å². The minimum Gasteiger partial charge on any atom is -0.399 e. The second-order valence-corrected chi connectivity index (χ2v) is 4.67. The Bertz CT molecular complexity index is 455. The molecular weight excluding hydrogens is 273 g/mol. The number of ether oxygens (including phenoxy) is 1. The van der Waals surface area contributed by atoms with E-state index in [9.17, 15) is 9.18 Å². The summed E-state index contributed by atoms with van der Waals surface area (Å²) in [7, 11) is 0. The summed E-state index contributed by atoms with van der Waals surface area (Å²) in [6.07, 6.45) is 0.300. The quantitative estimate of drug-likeness (QED) is 0.541. The van der Waals surface area contributed by atoms with Crippen LogP contribution in [0.4, 0.5) is 15.8 Å². The van der Waals surface area contributed by atoms with Gasteiger partial charge in [0.25, 0.3) is 0 Å². The molecule has 0 atom stereocenters. The molecule has 1 aromatic rings. The fourth-order valence-electron chi connectivity index (χ4n) is 1.88. The van der Waals surface area contributed by atoms with Crippen molar-refractivity contribution >= 4 is 17.3 Å². The number of benzene rings is 1. The van der Waals surface area contributed by atoms with E-state index >= 15 is 0 Å². The molecular formula is C15H24FN3O2. The van der Waals surface area contributed by atoms with Crippen LogP contribution in [0.2, 0.25) is 0 Å². The zero-order valence-electron chi connectivity index (χ0n) is 12.7. The second-order valence-electron chi connectivity index (χ2n) is 4.67. The Morgan fingerprint density at radius 2 is 2.14 bits per heavy atom. The molecule has 0 spiro atoms.